The van der Waals surface area contributed by atoms with Crippen LogP contribution in [0.2, 0.25) is 0 Å². The summed E-state index contributed by atoms with van der Waals surface area (Å²) in [6.07, 6.45) is -0.437. The minimum atomic E-state index is -0.449. The summed E-state index contributed by atoms with van der Waals surface area (Å²) in [6.45, 7) is 10.3. The number of hydrogen-bond donors (Lipinski definition) is 1. The van der Waals surface area contributed by atoms with Crippen LogP contribution >= 0.6 is 0 Å². The highest BCUT2D eigenvalue weighted by atomic mass is 16.5. The molecule has 1 heterocycles. The standard InChI is InChI=1S/C16H24N2O2/c1-10(2)14-15(19)18(9-16(4,5)17)12-8-11(3)6-7-13(12)20-14/h6-8,10,14H,9,17H2,1-5H3. The van der Waals surface area contributed by atoms with Crippen molar-refractivity contribution in [1.29, 1.82) is 0 Å². The molecule has 1 atom stereocenters. The van der Waals surface area contributed by atoms with Gasteiger partial charge in [-0.25, -0.2) is 0 Å². The maximum absolute atomic E-state index is 12.7. The van der Waals surface area contributed by atoms with Gasteiger partial charge in [0.1, 0.15) is 5.75 Å². The van der Waals surface area contributed by atoms with Gasteiger partial charge in [0.15, 0.2) is 6.10 Å². The fraction of sp³-hybridized carbons (Fsp3) is 0.562. The van der Waals surface area contributed by atoms with Crippen LogP contribution in [0, 0.1) is 12.8 Å². The first kappa shape index (κ1) is 14.9. The third-order valence-corrected chi connectivity index (χ3v) is 3.34. The summed E-state index contributed by atoms with van der Waals surface area (Å²) in [5.74, 6) is 0.884. The molecule has 0 aliphatic carbocycles. The van der Waals surface area contributed by atoms with Gasteiger partial charge in [-0.2, -0.15) is 0 Å². The number of amides is 1. The maximum atomic E-state index is 12.7. The fourth-order valence-corrected chi connectivity index (χ4v) is 2.39. The van der Waals surface area contributed by atoms with Gasteiger partial charge in [-0.1, -0.05) is 19.9 Å². The van der Waals surface area contributed by atoms with Gasteiger partial charge in [0.2, 0.25) is 0 Å². The highest BCUT2D eigenvalue weighted by molar-refractivity contribution is 6.00. The molecule has 1 aromatic rings. The average Bonchev–Trinajstić information content (AvgIpc) is 2.31. The molecule has 1 aliphatic heterocycles. The Balaban J connectivity index is 2.46. The Morgan fingerprint density at radius 3 is 2.60 bits per heavy atom. The van der Waals surface area contributed by atoms with Crippen LogP contribution in [0.25, 0.3) is 0 Å². The number of ether oxygens (including phenoxy) is 1. The van der Waals surface area contributed by atoms with Crippen LogP contribution < -0.4 is 15.4 Å². The highest BCUT2D eigenvalue weighted by Gasteiger charge is 2.37. The summed E-state index contributed by atoms with van der Waals surface area (Å²) in [5, 5.41) is 0. The normalized spacial score (nSPS) is 19.1. The van der Waals surface area contributed by atoms with Crippen molar-refractivity contribution in [1.82, 2.24) is 0 Å². The van der Waals surface area contributed by atoms with Crippen molar-refractivity contribution in [2.45, 2.75) is 46.3 Å². The lowest BCUT2D eigenvalue weighted by Crippen LogP contribution is -2.54. The number of nitrogens with two attached hydrogens (primary N) is 1. The lowest BCUT2D eigenvalue weighted by Gasteiger charge is -2.39. The van der Waals surface area contributed by atoms with Crippen molar-refractivity contribution in [3.05, 3.63) is 23.8 Å². The summed E-state index contributed by atoms with van der Waals surface area (Å²) in [7, 11) is 0. The molecule has 2 rings (SSSR count). The molecule has 0 saturated carbocycles. The van der Waals surface area contributed by atoms with E-state index < -0.39 is 11.6 Å². The van der Waals surface area contributed by atoms with Gasteiger partial charge >= 0.3 is 0 Å². The number of hydrogen-bond acceptors (Lipinski definition) is 3. The van der Waals surface area contributed by atoms with E-state index in [9.17, 15) is 4.79 Å². The quantitative estimate of drug-likeness (QED) is 0.922. The van der Waals surface area contributed by atoms with Crippen molar-refractivity contribution in [2.24, 2.45) is 11.7 Å². The lowest BCUT2D eigenvalue weighted by atomic mass is 9.99. The minimum Gasteiger partial charge on any atom is -0.478 e. The first-order chi connectivity index (χ1) is 9.19. The molecule has 0 bridgehead atoms. The summed E-state index contributed by atoms with van der Waals surface area (Å²) in [4.78, 5) is 14.4. The molecule has 4 heteroatoms. The van der Waals surface area contributed by atoms with Crippen LogP contribution in [-0.2, 0) is 4.79 Å². The van der Waals surface area contributed by atoms with Crippen LogP contribution in [0.15, 0.2) is 18.2 Å². The zero-order chi connectivity index (χ0) is 15.1. The van der Waals surface area contributed by atoms with Crippen LogP contribution in [0.4, 0.5) is 5.69 Å². The number of aryl methyl sites for hydroxylation is 1. The number of benzene rings is 1. The molecule has 110 valence electrons. The first-order valence-corrected chi connectivity index (χ1v) is 7.06. The Morgan fingerprint density at radius 2 is 2.05 bits per heavy atom. The number of carbonyl (C=O) groups is 1. The molecule has 20 heavy (non-hydrogen) atoms. The van der Waals surface area contributed by atoms with E-state index in [1.165, 1.54) is 0 Å². The first-order valence-electron chi connectivity index (χ1n) is 7.06. The van der Waals surface area contributed by atoms with Crippen LogP contribution in [0.5, 0.6) is 5.75 Å². The van der Waals surface area contributed by atoms with E-state index in [-0.39, 0.29) is 11.8 Å². The van der Waals surface area contributed by atoms with Gasteiger partial charge in [-0.3, -0.25) is 4.79 Å². The Kier molecular flexibility index (Phi) is 3.78. The number of fused-ring (bicyclic) bond motifs is 1. The second-order valence-corrected chi connectivity index (χ2v) is 6.67. The van der Waals surface area contributed by atoms with Crippen molar-refractivity contribution in [3.8, 4) is 5.75 Å². The number of carbonyl (C=O) groups excluding carboxylic acids is 1. The van der Waals surface area contributed by atoms with Crippen molar-refractivity contribution in [3.63, 3.8) is 0 Å². The van der Waals surface area contributed by atoms with Gasteiger partial charge in [0, 0.05) is 12.1 Å². The number of anilines is 1. The minimum absolute atomic E-state index is 0.00312. The molecule has 0 aromatic heterocycles. The summed E-state index contributed by atoms with van der Waals surface area (Å²) in [6, 6.07) is 5.91. The lowest BCUT2D eigenvalue weighted by molar-refractivity contribution is -0.128. The zero-order valence-corrected chi connectivity index (χ0v) is 12.9. The molecule has 0 radical (unpaired) electrons. The smallest absolute Gasteiger partial charge is 0.268 e. The molecule has 1 amide bonds. The Morgan fingerprint density at radius 1 is 1.40 bits per heavy atom. The van der Waals surface area contributed by atoms with Crippen LogP contribution in [0.1, 0.15) is 33.3 Å². The molecule has 1 aromatic carbocycles. The van der Waals surface area contributed by atoms with E-state index >= 15 is 0 Å². The summed E-state index contributed by atoms with van der Waals surface area (Å²) in [5.41, 5.74) is 7.59. The monoisotopic (exact) mass is 276 g/mol. The molecule has 0 saturated heterocycles. The van der Waals surface area contributed by atoms with E-state index in [2.05, 4.69) is 0 Å². The number of rotatable bonds is 3. The van der Waals surface area contributed by atoms with Crippen LogP contribution in [0.3, 0.4) is 0 Å². The third-order valence-electron chi connectivity index (χ3n) is 3.34. The van der Waals surface area contributed by atoms with Gasteiger partial charge in [0.25, 0.3) is 5.91 Å². The van der Waals surface area contributed by atoms with Crippen molar-refractivity contribution in [2.75, 3.05) is 11.4 Å². The fourth-order valence-electron chi connectivity index (χ4n) is 2.39. The Bertz CT molecular complexity index is 518. The predicted molar refractivity (Wildman–Crippen MR) is 81.1 cm³/mol. The third kappa shape index (κ3) is 2.96. The molecular formula is C16H24N2O2. The van der Waals surface area contributed by atoms with Gasteiger partial charge in [-0.15, -0.1) is 0 Å². The highest BCUT2D eigenvalue weighted by Crippen LogP contribution is 2.36. The summed E-state index contributed by atoms with van der Waals surface area (Å²) >= 11 is 0. The van der Waals surface area contributed by atoms with E-state index in [0.29, 0.717) is 6.54 Å². The summed E-state index contributed by atoms with van der Waals surface area (Å²) < 4.78 is 5.87. The van der Waals surface area contributed by atoms with E-state index in [4.69, 9.17) is 10.5 Å². The van der Waals surface area contributed by atoms with Crippen molar-refractivity contribution >= 4 is 11.6 Å². The molecular weight excluding hydrogens is 252 g/mol. The molecule has 1 unspecified atom stereocenters. The van der Waals surface area contributed by atoms with Crippen molar-refractivity contribution < 1.29 is 9.53 Å². The average molecular weight is 276 g/mol. The largest absolute Gasteiger partial charge is 0.478 e. The molecule has 0 fully saturated rings. The molecule has 1 aliphatic rings. The predicted octanol–water partition coefficient (Wildman–Crippen LogP) is 2.48. The van der Waals surface area contributed by atoms with E-state index in [1.807, 2.05) is 52.8 Å². The Labute approximate surface area is 120 Å². The Hall–Kier alpha value is -1.55. The van der Waals surface area contributed by atoms with E-state index in [0.717, 1.165) is 17.0 Å². The number of nitrogens with zero attached hydrogens (tertiary/aromatic N) is 1. The molecule has 0 spiro atoms. The maximum Gasteiger partial charge on any atom is 0.268 e. The molecule has 4 nitrogen and oxygen atoms in total. The topological polar surface area (TPSA) is 55.6 Å². The van der Waals surface area contributed by atoms with Gasteiger partial charge in [-0.05, 0) is 44.4 Å². The van der Waals surface area contributed by atoms with Crippen LogP contribution in [-0.4, -0.2) is 24.1 Å². The second-order valence-electron chi connectivity index (χ2n) is 6.67. The van der Waals surface area contributed by atoms with Gasteiger partial charge < -0.3 is 15.4 Å². The zero-order valence-electron chi connectivity index (χ0n) is 12.9. The molecule has 2 N–H and O–H groups in total. The van der Waals surface area contributed by atoms with Gasteiger partial charge in [0.05, 0.1) is 5.69 Å². The van der Waals surface area contributed by atoms with E-state index in [1.54, 1.807) is 4.90 Å². The SMILES string of the molecule is Cc1ccc2c(c1)N(CC(C)(C)N)C(=O)C(C(C)C)O2. The second kappa shape index (κ2) is 5.09.